The van der Waals surface area contributed by atoms with Crippen molar-refractivity contribution in [3.8, 4) is 0 Å². The third-order valence-corrected chi connectivity index (χ3v) is 4.41. The number of halogens is 1. The van der Waals surface area contributed by atoms with Crippen LogP contribution in [0.5, 0.6) is 0 Å². The summed E-state index contributed by atoms with van der Waals surface area (Å²) in [4.78, 5) is 1.28. The molecule has 1 atom stereocenters. The molecule has 2 aromatic heterocycles. The van der Waals surface area contributed by atoms with Gasteiger partial charge in [0.1, 0.15) is 5.51 Å². The van der Waals surface area contributed by atoms with Crippen LogP contribution in [0.3, 0.4) is 0 Å². The third-order valence-electron chi connectivity index (χ3n) is 1.74. The predicted octanol–water partition coefficient (Wildman–Crippen LogP) is 3.54. The highest BCUT2D eigenvalue weighted by molar-refractivity contribution is 9.10. The fraction of sp³-hybridized carbons (Fsp3) is 0.250. The lowest BCUT2D eigenvalue weighted by molar-refractivity contribution is 0.890. The Morgan fingerprint density at radius 2 is 2.36 bits per heavy atom. The summed E-state index contributed by atoms with van der Waals surface area (Å²) < 4.78 is 1.15. The number of thiophene rings is 1. The first-order valence-corrected chi connectivity index (χ1v) is 6.58. The van der Waals surface area contributed by atoms with Crippen molar-refractivity contribution >= 4 is 43.7 Å². The average Bonchev–Trinajstić information content (AvgIpc) is 2.75. The molecule has 0 saturated carbocycles. The highest BCUT2D eigenvalue weighted by Gasteiger charge is 2.11. The van der Waals surface area contributed by atoms with Crippen molar-refractivity contribution in [1.82, 2.24) is 10.2 Å². The summed E-state index contributed by atoms with van der Waals surface area (Å²) >= 11 is 6.75. The Hall–Kier alpha value is -0.460. The van der Waals surface area contributed by atoms with E-state index in [1.54, 1.807) is 16.8 Å². The van der Waals surface area contributed by atoms with Crippen molar-refractivity contribution in [3.05, 3.63) is 26.3 Å². The Kier molecular flexibility index (Phi) is 3.15. The number of nitrogens with zero attached hydrogens (tertiary/aromatic N) is 2. The number of rotatable bonds is 3. The van der Waals surface area contributed by atoms with Crippen molar-refractivity contribution < 1.29 is 0 Å². The van der Waals surface area contributed by atoms with Crippen LogP contribution >= 0.6 is 38.6 Å². The van der Waals surface area contributed by atoms with Crippen LogP contribution in [0.15, 0.2) is 21.4 Å². The topological polar surface area (TPSA) is 37.8 Å². The van der Waals surface area contributed by atoms with Crippen molar-refractivity contribution in [1.29, 1.82) is 0 Å². The molecule has 0 radical (unpaired) electrons. The van der Waals surface area contributed by atoms with Gasteiger partial charge in [0.15, 0.2) is 0 Å². The standard InChI is InChI=1S/C8H8BrN3S2/c1-5(7-6(9)2-3-13-7)11-8-12-10-4-14-8/h2-5H,1H3,(H,11,12). The van der Waals surface area contributed by atoms with E-state index >= 15 is 0 Å². The molecule has 0 aliphatic heterocycles. The van der Waals surface area contributed by atoms with Crippen LogP contribution in [-0.4, -0.2) is 10.2 Å². The molecular weight excluding hydrogens is 282 g/mol. The highest BCUT2D eigenvalue weighted by atomic mass is 79.9. The molecular formula is C8H8BrN3S2. The van der Waals surface area contributed by atoms with E-state index in [9.17, 15) is 0 Å². The molecule has 0 bridgehead atoms. The van der Waals surface area contributed by atoms with E-state index in [0.717, 1.165) is 9.60 Å². The Labute approximate surface area is 98.3 Å². The van der Waals surface area contributed by atoms with Crippen LogP contribution < -0.4 is 5.32 Å². The third kappa shape index (κ3) is 2.13. The first-order chi connectivity index (χ1) is 6.77. The molecule has 1 N–H and O–H groups in total. The fourth-order valence-corrected chi connectivity index (χ4v) is 3.36. The summed E-state index contributed by atoms with van der Waals surface area (Å²) in [5, 5.41) is 13.9. The molecule has 0 aliphatic rings. The maximum absolute atomic E-state index is 3.94. The van der Waals surface area contributed by atoms with Gasteiger partial charge >= 0.3 is 0 Å². The molecule has 2 heterocycles. The van der Waals surface area contributed by atoms with E-state index in [-0.39, 0.29) is 6.04 Å². The zero-order valence-corrected chi connectivity index (χ0v) is 10.6. The molecule has 14 heavy (non-hydrogen) atoms. The van der Waals surface area contributed by atoms with E-state index in [0.29, 0.717) is 0 Å². The second-order valence-electron chi connectivity index (χ2n) is 2.74. The van der Waals surface area contributed by atoms with Gasteiger partial charge in [-0.1, -0.05) is 11.3 Å². The second-order valence-corrected chi connectivity index (χ2v) is 5.38. The zero-order chi connectivity index (χ0) is 9.97. The number of anilines is 1. The van der Waals surface area contributed by atoms with Gasteiger partial charge in [-0.3, -0.25) is 0 Å². The summed E-state index contributed by atoms with van der Waals surface area (Å²) in [7, 11) is 0. The van der Waals surface area contributed by atoms with E-state index in [1.165, 1.54) is 16.2 Å². The maximum Gasteiger partial charge on any atom is 0.205 e. The number of hydrogen-bond acceptors (Lipinski definition) is 5. The molecule has 0 saturated heterocycles. The van der Waals surface area contributed by atoms with Crippen LogP contribution in [0.4, 0.5) is 5.13 Å². The number of hydrogen-bond donors (Lipinski definition) is 1. The normalized spacial score (nSPS) is 12.7. The lowest BCUT2D eigenvalue weighted by Gasteiger charge is -2.10. The van der Waals surface area contributed by atoms with Crippen molar-refractivity contribution in [2.45, 2.75) is 13.0 Å². The van der Waals surface area contributed by atoms with Crippen LogP contribution in [0, 0.1) is 0 Å². The number of nitrogens with one attached hydrogen (secondary N) is 1. The first kappa shape index (κ1) is 10.1. The van der Waals surface area contributed by atoms with Gasteiger partial charge in [0.25, 0.3) is 0 Å². The van der Waals surface area contributed by atoms with Gasteiger partial charge in [0, 0.05) is 9.35 Å². The SMILES string of the molecule is CC(Nc1nncs1)c1sccc1Br. The predicted molar refractivity (Wildman–Crippen MR) is 64.0 cm³/mol. The molecule has 0 spiro atoms. The van der Waals surface area contributed by atoms with Crippen LogP contribution in [0.1, 0.15) is 17.8 Å². The fourth-order valence-electron chi connectivity index (χ4n) is 1.10. The minimum absolute atomic E-state index is 0.261. The largest absolute Gasteiger partial charge is 0.353 e. The lowest BCUT2D eigenvalue weighted by Crippen LogP contribution is -2.04. The molecule has 0 aliphatic carbocycles. The van der Waals surface area contributed by atoms with E-state index < -0.39 is 0 Å². The van der Waals surface area contributed by atoms with E-state index in [1.807, 2.05) is 0 Å². The Morgan fingerprint density at radius 1 is 1.50 bits per heavy atom. The molecule has 1 unspecified atom stereocenters. The molecule has 6 heteroatoms. The molecule has 0 fully saturated rings. The van der Waals surface area contributed by atoms with Gasteiger partial charge in [-0.2, -0.15) is 0 Å². The van der Waals surface area contributed by atoms with Crippen molar-refractivity contribution in [2.75, 3.05) is 5.32 Å². The van der Waals surface area contributed by atoms with Gasteiger partial charge in [-0.15, -0.1) is 21.5 Å². The molecule has 2 aromatic rings. The Balaban J connectivity index is 2.10. The zero-order valence-electron chi connectivity index (χ0n) is 7.40. The molecule has 0 amide bonds. The molecule has 3 nitrogen and oxygen atoms in total. The number of aromatic nitrogens is 2. The molecule has 0 aromatic carbocycles. The Bertz CT molecular complexity index is 398. The quantitative estimate of drug-likeness (QED) is 0.939. The Morgan fingerprint density at radius 3 is 2.93 bits per heavy atom. The van der Waals surface area contributed by atoms with Gasteiger partial charge in [0.2, 0.25) is 5.13 Å². The molecule has 74 valence electrons. The summed E-state index contributed by atoms with van der Waals surface area (Å²) in [6.45, 7) is 2.11. The highest BCUT2D eigenvalue weighted by Crippen LogP contribution is 2.31. The smallest absolute Gasteiger partial charge is 0.205 e. The lowest BCUT2D eigenvalue weighted by atomic mass is 10.3. The summed E-state index contributed by atoms with van der Waals surface area (Å²) in [5.74, 6) is 0. The van der Waals surface area contributed by atoms with Crippen molar-refractivity contribution in [3.63, 3.8) is 0 Å². The van der Waals surface area contributed by atoms with Gasteiger partial charge in [0.05, 0.1) is 6.04 Å². The van der Waals surface area contributed by atoms with Gasteiger partial charge in [-0.25, -0.2) is 0 Å². The summed E-state index contributed by atoms with van der Waals surface area (Å²) in [6, 6.07) is 2.32. The van der Waals surface area contributed by atoms with E-state index in [2.05, 4.69) is 49.8 Å². The summed E-state index contributed by atoms with van der Waals surface area (Å²) in [6.07, 6.45) is 0. The maximum atomic E-state index is 3.94. The monoisotopic (exact) mass is 289 g/mol. The van der Waals surface area contributed by atoms with Crippen LogP contribution in [0.2, 0.25) is 0 Å². The molecule has 2 rings (SSSR count). The second kappa shape index (κ2) is 4.37. The van der Waals surface area contributed by atoms with Gasteiger partial charge in [-0.05, 0) is 34.3 Å². The van der Waals surface area contributed by atoms with Gasteiger partial charge < -0.3 is 5.32 Å². The minimum Gasteiger partial charge on any atom is -0.353 e. The average molecular weight is 290 g/mol. The van der Waals surface area contributed by atoms with E-state index in [4.69, 9.17) is 0 Å². The first-order valence-electron chi connectivity index (χ1n) is 4.03. The van der Waals surface area contributed by atoms with Crippen LogP contribution in [0.25, 0.3) is 0 Å². The summed E-state index contributed by atoms with van der Waals surface area (Å²) in [5.41, 5.74) is 1.72. The van der Waals surface area contributed by atoms with Crippen molar-refractivity contribution in [2.24, 2.45) is 0 Å². The minimum atomic E-state index is 0.261. The van der Waals surface area contributed by atoms with Crippen LogP contribution in [-0.2, 0) is 0 Å².